The van der Waals surface area contributed by atoms with E-state index in [2.05, 4.69) is 20.7 Å². The number of benzene rings is 1. The number of carbonyl (C=O) groups excluding carboxylic acids is 1. The van der Waals surface area contributed by atoms with Crippen LogP contribution in [0.25, 0.3) is 0 Å². The summed E-state index contributed by atoms with van der Waals surface area (Å²) in [5, 5.41) is 30.8. The molecule has 2 aromatic rings. The van der Waals surface area contributed by atoms with E-state index >= 15 is 0 Å². The van der Waals surface area contributed by atoms with Crippen molar-refractivity contribution in [2.75, 3.05) is 7.11 Å². The number of phenolic OH excluding ortho intramolecular Hbond substituents is 1. The summed E-state index contributed by atoms with van der Waals surface area (Å²) in [7, 11) is 1.27. The Kier molecular flexibility index (Phi) is 4.55. The van der Waals surface area contributed by atoms with E-state index in [1.807, 2.05) is 0 Å². The number of amides is 1. The first kappa shape index (κ1) is 15.9. The van der Waals surface area contributed by atoms with Crippen LogP contribution in [-0.2, 0) is 0 Å². The zero-order valence-electron chi connectivity index (χ0n) is 12.2. The van der Waals surface area contributed by atoms with E-state index in [0.717, 1.165) is 18.3 Å². The van der Waals surface area contributed by atoms with Crippen LogP contribution in [0.1, 0.15) is 21.7 Å². The van der Waals surface area contributed by atoms with Gasteiger partial charge in [0.25, 0.3) is 11.6 Å². The van der Waals surface area contributed by atoms with Crippen LogP contribution < -0.4 is 10.2 Å². The van der Waals surface area contributed by atoms with Crippen LogP contribution >= 0.6 is 0 Å². The fourth-order valence-electron chi connectivity index (χ4n) is 1.73. The highest BCUT2D eigenvalue weighted by atomic mass is 16.6. The Morgan fingerprint density at radius 1 is 1.52 bits per heavy atom. The van der Waals surface area contributed by atoms with E-state index in [1.54, 1.807) is 6.92 Å². The minimum Gasteiger partial charge on any atom is -0.504 e. The average Bonchev–Trinajstić information content (AvgIpc) is 2.95. The SMILES string of the molecule is COc1cc([N+](=O)[O-])cc(/C=N/NC(=O)c2cc(C)[nH]n2)c1O. The second-order valence-electron chi connectivity index (χ2n) is 4.48. The molecule has 0 spiro atoms. The van der Waals surface area contributed by atoms with Gasteiger partial charge in [0.2, 0.25) is 0 Å². The summed E-state index contributed by atoms with van der Waals surface area (Å²) >= 11 is 0. The van der Waals surface area contributed by atoms with E-state index in [-0.39, 0.29) is 28.4 Å². The number of phenols is 1. The molecule has 0 saturated heterocycles. The monoisotopic (exact) mass is 319 g/mol. The van der Waals surface area contributed by atoms with Gasteiger partial charge in [0.1, 0.15) is 0 Å². The van der Waals surface area contributed by atoms with E-state index in [9.17, 15) is 20.0 Å². The van der Waals surface area contributed by atoms with E-state index in [1.165, 1.54) is 13.2 Å². The van der Waals surface area contributed by atoms with Crippen molar-refractivity contribution in [3.8, 4) is 11.5 Å². The van der Waals surface area contributed by atoms with Gasteiger partial charge in [0.05, 0.1) is 24.3 Å². The highest BCUT2D eigenvalue weighted by Gasteiger charge is 2.16. The van der Waals surface area contributed by atoms with Crippen LogP contribution in [0.15, 0.2) is 23.3 Å². The van der Waals surface area contributed by atoms with Gasteiger partial charge in [-0.1, -0.05) is 0 Å². The molecule has 1 aromatic carbocycles. The molecule has 0 fully saturated rings. The van der Waals surface area contributed by atoms with Gasteiger partial charge in [-0.3, -0.25) is 20.0 Å². The molecule has 2 rings (SSSR count). The number of nitro groups is 1. The molecule has 1 amide bonds. The van der Waals surface area contributed by atoms with E-state index in [0.29, 0.717) is 5.69 Å². The number of methoxy groups -OCH3 is 1. The topological polar surface area (TPSA) is 143 Å². The van der Waals surface area contributed by atoms with Crippen molar-refractivity contribution in [2.24, 2.45) is 5.10 Å². The lowest BCUT2D eigenvalue weighted by molar-refractivity contribution is -0.385. The number of nitrogens with zero attached hydrogens (tertiary/aromatic N) is 3. The summed E-state index contributed by atoms with van der Waals surface area (Å²) in [4.78, 5) is 21.9. The Hall–Kier alpha value is -3.43. The number of carbonyl (C=O) groups is 1. The first-order valence-corrected chi connectivity index (χ1v) is 6.33. The Labute approximate surface area is 129 Å². The number of aryl methyl sites for hydroxylation is 1. The highest BCUT2D eigenvalue weighted by molar-refractivity contribution is 5.93. The molecule has 0 atom stereocenters. The largest absolute Gasteiger partial charge is 0.504 e. The molecule has 10 heteroatoms. The molecule has 1 heterocycles. The molecule has 3 N–H and O–H groups in total. The molecule has 0 aliphatic heterocycles. The zero-order valence-corrected chi connectivity index (χ0v) is 12.2. The molecule has 1 aromatic heterocycles. The predicted molar refractivity (Wildman–Crippen MR) is 79.7 cm³/mol. The van der Waals surface area contributed by atoms with Gasteiger partial charge >= 0.3 is 0 Å². The first-order chi connectivity index (χ1) is 10.9. The number of aromatic nitrogens is 2. The van der Waals surface area contributed by atoms with E-state index in [4.69, 9.17) is 4.74 Å². The third-order valence-electron chi connectivity index (χ3n) is 2.83. The summed E-state index contributed by atoms with van der Waals surface area (Å²) in [6.45, 7) is 1.74. The quantitative estimate of drug-likeness (QED) is 0.428. The molecule has 0 unspecified atom stereocenters. The standard InChI is InChI=1S/C13H13N5O5/c1-7-3-10(16-15-7)13(20)17-14-6-8-4-9(18(21)22)5-11(23-2)12(8)19/h3-6,19H,1-2H3,(H,15,16)(H,17,20)/b14-6+. The Bertz CT molecular complexity index is 783. The molecule has 0 bridgehead atoms. The Morgan fingerprint density at radius 2 is 2.26 bits per heavy atom. The third kappa shape index (κ3) is 3.61. The van der Waals surface area contributed by atoms with E-state index < -0.39 is 10.8 Å². The fourth-order valence-corrected chi connectivity index (χ4v) is 1.73. The molecule has 0 saturated carbocycles. The maximum absolute atomic E-state index is 11.7. The van der Waals surface area contributed by atoms with Gasteiger partial charge < -0.3 is 9.84 Å². The van der Waals surface area contributed by atoms with Crippen LogP contribution in [0.4, 0.5) is 5.69 Å². The third-order valence-corrected chi connectivity index (χ3v) is 2.83. The average molecular weight is 319 g/mol. The second kappa shape index (κ2) is 6.56. The number of hydrogen-bond donors (Lipinski definition) is 3. The van der Waals surface area contributed by atoms with Gasteiger partial charge in [-0.05, 0) is 13.0 Å². The maximum Gasteiger partial charge on any atom is 0.291 e. The van der Waals surface area contributed by atoms with Crippen LogP contribution in [0.3, 0.4) is 0 Å². The van der Waals surface area contributed by atoms with Gasteiger partial charge in [0, 0.05) is 17.3 Å². The molecule has 0 aliphatic carbocycles. The summed E-state index contributed by atoms with van der Waals surface area (Å²) in [6, 6.07) is 3.71. The predicted octanol–water partition coefficient (Wildman–Crippen LogP) is 1.10. The lowest BCUT2D eigenvalue weighted by Gasteiger charge is -2.05. The first-order valence-electron chi connectivity index (χ1n) is 6.33. The number of ether oxygens (including phenoxy) is 1. The normalized spacial score (nSPS) is 10.7. The number of nitro benzene ring substituents is 1. The number of nitrogens with one attached hydrogen (secondary N) is 2. The summed E-state index contributed by atoms with van der Waals surface area (Å²) in [5.41, 5.74) is 2.79. The van der Waals surface area contributed by atoms with Crippen molar-refractivity contribution in [1.29, 1.82) is 0 Å². The molecule has 23 heavy (non-hydrogen) atoms. The second-order valence-corrected chi connectivity index (χ2v) is 4.48. The number of aromatic hydroxyl groups is 1. The highest BCUT2D eigenvalue weighted by Crippen LogP contribution is 2.33. The summed E-state index contributed by atoms with van der Waals surface area (Å²) in [6.07, 6.45) is 1.07. The van der Waals surface area contributed by atoms with Crippen molar-refractivity contribution < 1.29 is 19.6 Å². The fraction of sp³-hybridized carbons (Fsp3) is 0.154. The number of hydrogen-bond acceptors (Lipinski definition) is 7. The minimum absolute atomic E-state index is 0.0227. The molecule has 10 nitrogen and oxygen atoms in total. The van der Waals surface area contributed by atoms with Gasteiger partial charge in [-0.25, -0.2) is 5.43 Å². The number of aromatic amines is 1. The minimum atomic E-state index is -0.635. The molecular weight excluding hydrogens is 306 g/mol. The van der Waals surface area contributed by atoms with Crippen LogP contribution in [-0.4, -0.2) is 39.5 Å². The smallest absolute Gasteiger partial charge is 0.291 e. The van der Waals surface area contributed by atoms with Crippen molar-refractivity contribution in [2.45, 2.75) is 6.92 Å². The zero-order chi connectivity index (χ0) is 17.0. The molecule has 120 valence electrons. The van der Waals surface area contributed by atoms with Crippen LogP contribution in [0.2, 0.25) is 0 Å². The molecule has 0 radical (unpaired) electrons. The van der Waals surface area contributed by atoms with Gasteiger partial charge in [-0.15, -0.1) is 0 Å². The number of rotatable bonds is 5. The van der Waals surface area contributed by atoms with Crippen LogP contribution in [0.5, 0.6) is 11.5 Å². The molecule has 0 aliphatic rings. The lowest BCUT2D eigenvalue weighted by Crippen LogP contribution is -2.18. The lowest BCUT2D eigenvalue weighted by atomic mass is 10.2. The Morgan fingerprint density at radius 3 is 2.83 bits per heavy atom. The Balaban J connectivity index is 2.20. The number of H-pyrrole nitrogens is 1. The van der Waals surface area contributed by atoms with Crippen molar-refractivity contribution in [1.82, 2.24) is 15.6 Å². The summed E-state index contributed by atoms with van der Waals surface area (Å²) < 4.78 is 4.86. The maximum atomic E-state index is 11.7. The van der Waals surface area contributed by atoms with Crippen LogP contribution in [0, 0.1) is 17.0 Å². The number of hydrazone groups is 1. The molecular formula is C13H13N5O5. The van der Waals surface area contributed by atoms with Gasteiger partial charge in [-0.2, -0.15) is 10.2 Å². The van der Waals surface area contributed by atoms with Crippen molar-refractivity contribution in [3.05, 3.63) is 45.3 Å². The van der Waals surface area contributed by atoms with Gasteiger partial charge in [0.15, 0.2) is 17.2 Å². The summed E-state index contributed by atoms with van der Waals surface area (Å²) in [5.74, 6) is -0.968. The van der Waals surface area contributed by atoms with Crippen molar-refractivity contribution >= 4 is 17.8 Å². The van der Waals surface area contributed by atoms with Crippen molar-refractivity contribution in [3.63, 3.8) is 0 Å². The number of non-ortho nitro benzene ring substituents is 1.